The van der Waals surface area contributed by atoms with E-state index >= 15 is 0 Å². The average Bonchev–Trinajstić information content (AvgIpc) is 3.16. The van der Waals surface area contributed by atoms with Crippen LogP contribution in [0.1, 0.15) is 60.6 Å². The lowest BCUT2D eigenvalue weighted by Crippen LogP contribution is -2.40. The van der Waals surface area contributed by atoms with Gasteiger partial charge in [0.2, 0.25) is 0 Å². The van der Waals surface area contributed by atoms with Crippen molar-refractivity contribution in [2.45, 2.75) is 56.6 Å². The fraction of sp³-hybridized carbons (Fsp3) is 0.714. The molecule has 0 atom stereocenters. The van der Waals surface area contributed by atoms with E-state index in [1.807, 2.05) is 13.1 Å². The number of aliphatic hydroxyl groups is 1. The SMILES string of the molecule is CN(C(=O)c1cc(C2CC2)[nH]n1)C1CCC(O)CC1. The second-order valence-electron chi connectivity index (χ2n) is 5.86. The van der Waals surface area contributed by atoms with Crippen LogP contribution in [0.5, 0.6) is 0 Å². The molecule has 5 nitrogen and oxygen atoms in total. The molecule has 104 valence electrons. The minimum Gasteiger partial charge on any atom is -0.393 e. The van der Waals surface area contributed by atoms with Crippen molar-refractivity contribution in [2.75, 3.05) is 7.05 Å². The van der Waals surface area contributed by atoms with Crippen LogP contribution in [-0.4, -0.2) is 45.3 Å². The minimum absolute atomic E-state index is 0.00969. The summed E-state index contributed by atoms with van der Waals surface area (Å²) in [6, 6.07) is 2.13. The van der Waals surface area contributed by atoms with Gasteiger partial charge >= 0.3 is 0 Å². The number of H-pyrrole nitrogens is 1. The van der Waals surface area contributed by atoms with Crippen molar-refractivity contribution in [3.63, 3.8) is 0 Å². The monoisotopic (exact) mass is 263 g/mol. The minimum atomic E-state index is -0.188. The molecular formula is C14H21N3O2. The Hall–Kier alpha value is -1.36. The van der Waals surface area contributed by atoms with Crippen molar-refractivity contribution >= 4 is 5.91 Å². The largest absolute Gasteiger partial charge is 0.393 e. The highest BCUT2D eigenvalue weighted by Gasteiger charge is 2.29. The molecule has 2 N–H and O–H groups in total. The van der Waals surface area contributed by atoms with Gasteiger partial charge in [0, 0.05) is 24.7 Å². The summed E-state index contributed by atoms with van der Waals surface area (Å²) < 4.78 is 0. The van der Waals surface area contributed by atoms with E-state index in [0.717, 1.165) is 31.4 Å². The molecule has 2 aliphatic carbocycles. The number of carbonyl (C=O) groups excluding carboxylic acids is 1. The Kier molecular flexibility index (Phi) is 3.31. The van der Waals surface area contributed by atoms with Gasteiger partial charge < -0.3 is 10.0 Å². The molecule has 0 aliphatic heterocycles. The highest BCUT2D eigenvalue weighted by Crippen LogP contribution is 2.39. The van der Waals surface area contributed by atoms with E-state index < -0.39 is 0 Å². The van der Waals surface area contributed by atoms with Crippen LogP contribution < -0.4 is 0 Å². The fourth-order valence-corrected chi connectivity index (χ4v) is 2.84. The summed E-state index contributed by atoms with van der Waals surface area (Å²) in [6.07, 6.45) is 5.55. The summed E-state index contributed by atoms with van der Waals surface area (Å²) in [6.45, 7) is 0. The van der Waals surface area contributed by atoms with Crippen molar-refractivity contribution in [1.29, 1.82) is 0 Å². The number of rotatable bonds is 3. The number of nitrogens with zero attached hydrogens (tertiary/aromatic N) is 2. The molecule has 0 saturated heterocycles. The molecular weight excluding hydrogens is 242 g/mol. The van der Waals surface area contributed by atoms with Gasteiger partial charge in [-0.2, -0.15) is 5.10 Å². The summed E-state index contributed by atoms with van der Waals surface area (Å²) in [5, 5.41) is 16.6. The van der Waals surface area contributed by atoms with Gasteiger partial charge in [-0.25, -0.2) is 0 Å². The topological polar surface area (TPSA) is 69.2 Å². The van der Waals surface area contributed by atoms with Crippen molar-refractivity contribution in [2.24, 2.45) is 0 Å². The molecule has 2 saturated carbocycles. The van der Waals surface area contributed by atoms with Gasteiger partial charge in [0.05, 0.1) is 6.10 Å². The molecule has 0 spiro atoms. The maximum absolute atomic E-state index is 12.4. The van der Waals surface area contributed by atoms with Gasteiger partial charge in [0.15, 0.2) is 0 Å². The van der Waals surface area contributed by atoms with Crippen molar-refractivity contribution in [3.8, 4) is 0 Å². The van der Waals surface area contributed by atoms with Gasteiger partial charge in [0.1, 0.15) is 5.69 Å². The molecule has 1 aromatic heterocycles. The molecule has 5 heteroatoms. The third-order valence-corrected chi connectivity index (χ3v) is 4.37. The summed E-state index contributed by atoms with van der Waals surface area (Å²) in [7, 11) is 1.84. The maximum Gasteiger partial charge on any atom is 0.274 e. The molecule has 0 bridgehead atoms. The number of aromatic amines is 1. The van der Waals surface area contributed by atoms with Gasteiger partial charge in [-0.3, -0.25) is 9.89 Å². The number of nitrogens with one attached hydrogen (secondary N) is 1. The second-order valence-corrected chi connectivity index (χ2v) is 5.86. The molecule has 2 aliphatic rings. The number of hydrogen-bond donors (Lipinski definition) is 2. The smallest absolute Gasteiger partial charge is 0.274 e. The Bertz CT molecular complexity index is 459. The number of aromatic nitrogens is 2. The van der Waals surface area contributed by atoms with E-state index in [9.17, 15) is 9.90 Å². The van der Waals surface area contributed by atoms with Crippen molar-refractivity contribution in [1.82, 2.24) is 15.1 Å². The Morgan fingerprint density at radius 1 is 1.32 bits per heavy atom. The predicted molar refractivity (Wildman–Crippen MR) is 70.9 cm³/mol. The molecule has 1 heterocycles. The summed E-state index contributed by atoms with van der Waals surface area (Å²) >= 11 is 0. The van der Waals surface area contributed by atoms with E-state index in [1.165, 1.54) is 12.8 Å². The quantitative estimate of drug-likeness (QED) is 0.871. The Balaban J connectivity index is 1.64. The van der Waals surface area contributed by atoms with Gasteiger partial charge in [-0.05, 0) is 44.6 Å². The second kappa shape index (κ2) is 4.96. The molecule has 3 rings (SSSR count). The van der Waals surface area contributed by atoms with Crippen LogP contribution in [0.2, 0.25) is 0 Å². The zero-order chi connectivity index (χ0) is 13.4. The number of hydrogen-bond acceptors (Lipinski definition) is 3. The van der Waals surface area contributed by atoms with Crippen LogP contribution >= 0.6 is 0 Å². The Morgan fingerprint density at radius 3 is 2.63 bits per heavy atom. The molecule has 0 aromatic carbocycles. The zero-order valence-electron chi connectivity index (χ0n) is 11.3. The first-order valence-electron chi connectivity index (χ1n) is 7.15. The zero-order valence-corrected chi connectivity index (χ0v) is 11.3. The summed E-state index contributed by atoms with van der Waals surface area (Å²) in [4.78, 5) is 14.2. The summed E-state index contributed by atoms with van der Waals surface area (Å²) in [5.74, 6) is 0.578. The van der Waals surface area contributed by atoms with E-state index in [-0.39, 0.29) is 18.1 Å². The Morgan fingerprint density at radius 2 is 2.00 bits per heavy atom. The van der Waals surface area contributed by atoms with Crippen LogP contribution in [0.4, 0.5) is 0 Å². The van der Waals surface area contributed by atoms with Gasteiger partial charge in [-0.15, -0.1) is 0 Å². The summed E-state index contributed by atoms with van der Waals surface area (Å²) in [5.41, 5.74) is 1.62. The first-order chi connectivity index (χ1) is 9.15. The average molecular weight is 263 g/mol. The Labute approximate surface area is 113 Å². The van der Waals surface area contributed by atoms with E-state index in [2.05, 4.69) is 10.2 Å². The molecule has 1 aromatic rings. The first-order valence-corrected chi connectivity index (χ1v) is 7.15. The standard InChI is InChI=1S/C14H21N3O2/c1-17(10-4-6-11(18)7-5-10)14(19)13-8-12(15-16-13)9-2-3-9/h8-11,18H,2-7H2,1H3,(H,15,16). The van der Waals surface area contributed by atoms with Gasteiger partial charge in [0.25, 0.3) is 5.91 Å². The van der Waals surface area contributed by atoms with Crippen LogP contribution in [0.3, 0.4) is 0 Å². The molecule has 0 unspecified atom stereocenters. The molecule has 2 fully saturated rings. The normalized spacial score (nSPS) is 27.3. The van der Waals surface area contributed by atoms with Crippen LogP contribution in [0, 0.1) is 0 Å². The van der Waals surface area contributed by atoms with Crippen LogP contribution in [-0.2, 0) is 0 Å². The lowest BCUT2D eigenvalue weighted by Gasteiger charge is -2.32. The fourth-order valence-electron chi connectivity index (χ4n) is 2.84. The first kappa shape index (κ1) is 12.7. The lowest BCUT2D eigenvalue weighted by molar-refractivity contribution is 0.0564. The maximum atomic E-state index is 12.4. The molecule has 19 heavy (non-hydrogen) atoms. The van der Waals surface area contributed by atoms with Crippen molar-refractivity contribution in [3.05, 3.63) is 17.5 Å². The molecule has 0 radical (unpaired) electrons. The lowest BCUT2D eigenvalue weighted by atomic mass is 9.92. The van der Waals surface area contributed by atoms with Gasteiger partial charge in [-0.1, -0.05) is 0 Å². The highest BCUT2D eigenvalue weighted by atomic mass is 16.3. The molecule has 1 amide bonds. The third kappa shape index (κ3) is 2.66. The number of aliphatic hydroxyl groups excluding tert-OH is 1. The van der Waals surface area contributed by atoms with Crippen LogP contribution in [0.15, 0.2) is 6.07 Å². The highest BCUT2D eigenvalue weighted by molar-refractivity contribution is 5.92. The van der Waals surface area contributed by atoms with E-state index in [0.29, 0.717) is 11.6 Å². The number of amides is 1. The van der Waals surface area contributed by atoms with E-state index in [4.69, 9.17) is 0 Å². The predicted octanol–water partition coefficient (Wildman–Crippen LogP) is 1.66. The number of carbonyl (C=O) groups is 1. The van der Waals surface area contributed by atoms with E-state index in [1.54, 1.807) is 4.90 Å². The van der Waals surface area contributed by atoms with Crippen LogP contribution in [0.25, 0.3) is 0 Å². The third-order valence-electron chi connectivity index (χ3n) is 4.37. The van der Waals surface area contributed by atoms with Crippen molar-refractivity contribution < 1.29 is 9.90 Å².